The van der Waals surface area contributed by atoms with E-state index in [0.717, 1.165) is 9.13 Å². The van der Waals surface area contributed by atoms with Gasteiger partial charge in [0.1, 0.15) is 12.0 Å². The molecule has 0 N–H and O–H groups in total. The standard InChI is InChI=1S/C14H15IN2O3/c1-14(2,3)20-12(18)8-11-16-17-13(19-11)9-5-4-6-10(15)7-9/h4-7H,8H2,1-3H3. The summed E-state index contributed by atoms with van der Waals surface area (Å²) in [6.07, 6.45) is -0.0196. The van der Waals surface area contributed by atoms with Crippen molar-refractivity contribution in [3.63, 3.8) is 0 Å². The summed E-state index contributed by atoms with van der Waals surface area (Å²) in [7, 11) is 0. The van der Waals surface area contributed by atoms with Crippen molar-refractivity contribution in [3.8, 4) is 11.5 Å². The van der Waals surface area contributed by atoms with Crippen LogP contribution in [-0.4, -0.2) is 21.8 Å². The van der Waals surface area contributed by atoms with Crippen LogP contribution in [0, 0.1) is 3.57 Å². The fourth-order valence-corrected chi connectivity index (χ4v) is 2.11. The Bertz CT molecular complexity index is 617. The molecule has 0 saturated heterocycles. The molecule has 0 aliphatic carbocycles. The van der Waals surface area contributed by atoms with Crippen molar-refractivity contribution < 1.29 is 13.9 Å². The molecule has 1 aromatic carbocycles. The van der Waals surface area contributed by atoms with E-state index in [4.69, 9.17) is 9.15 Å². The van der Waals surface area contributed by atoms with Gasteiger partial charge in [-0.05, 0) is 61.6 Å². The first-order chi connectivity index (χ1) is 9.33. The number of halogens is 1. The number of benzene rings is 1. The number of hydrogen-bond acceptors (Lipinski definition) is 5. The van der Waals surface area contributed by atoms with Crippen LogP contribution in [0.15, 0.2) is 28.7 Å². The highest BCUT2D eigenvalue weighted by molar-refractivity contribution is 14.1. The average molecular weight is 386 g/mol. The van der Waals surface area contributed by atoms with E-state index >= 15 is 0 Å². The molecule has 1 heterocycles. The van der Waals surface area contributed by atoms with Gasteiger partial charge < -0.3 is 9.15 Å². The summed E-state index contributed by atoms with van der Waals surface area (Å²) in [6.45, 7) is 5.45. The van der Waals surface area contributed by atoms with Crippen molar-refractivity contribution in [1.82, 2.24) is 10.2 Å². The normalized spacial score (nSPS) is 11.4. The zero-order valence-electron chi connectivity index (χ0n) is 11.5. The number of hydrogen-bond donors (Lipinski definition) is 0. The van der Waals surface area contributed by atoms with Gasteiger partial charge in [-0.25, -0.2) is 0 Å². The lowest BCUT2D eigenvalue weighted by Gasteiger charge is -2.18. The van der Waals surface area contributed by atoms with Crippen molar-refractivity contribution >= 4 is 28.6 Å². The molecular weight excluding hydrogens is 371 g/mol. The van der Waals surface area contributed by atoms with Crippen LogP contribution in [0.25, 0.3) is 11.5 Å². The predicted molar refractivity (Wildman–Crippen MR) is 82.0 cm³/mol. The van der Waals surface area contributed by atoms with Crippen LogP contribution in [0.1, 0.15) is 26.7 Å². The van der Waals surface area contributed by atoms with Crippen molar-refractivity contribution in [2.75, 3.05) is 0 Å². The second kappa shape index (κ2) is 5.90. The van der Waals surface area contributed by atoms with Crippen molar-refractivity contribution in [2.45, 2.75) is 32.8 Å². The quantitative estimate of drug-likeness (QED) is 0.599. The third-order valence-corrected chi connectivity index (χ3v) is 2.92. The number of carbonyl (C=O) groups excluding carboxylic acids is 1. The van der Waals surface area contributed by atoms with Gasteiger partial charge in [0, 0.05) is 9.13 Å². The average Bonchev–Trinajstić information content (AvgIpc) is 2.74. The maximum atomic E-state index is 11.7. The number of ether oxygens (including phenoxy) is 1. The van der Waals surface area contributed by atoms with E-state index in [9.17, 15) is 4.79 Å². The molecule has 6 heteroatoms. The molecule has 20 heavy (non-hydrogen) atoms. The largest absolute Gasteiger partial charge is 0.460 e. The van der Waals surface area contributed by atoms with E-state index in [1.54, 1.807) is 0 Å². The Kier molecular flexibility index (Phi) is 4.42. The summed E-state index contributed by atoms with van der Waals surface area (Å²) in [5.41, 5.74) is 0.315. The molecule has 0 saturated carbocycles. The van der Waals surface area contributed by atoms with Crippen LogP contribution in [-0.2, 0) is 16.0 Å². The Balaban J connectivity index is 2.08. The SMILES string of the molecule is CC(C)(C)OC(=O)Cc1nnc(-c2cccc(I)c2)o1. The highest BCUT2D eigenvalue weighted by Gasteiger charge is 2.19. The van der Waals surface area contributed by atoms with Crippen LogP contribution in [0.3, 0.4) is 0 Å². The monoisotopic (exact) mass is 386 g/mol. The highest BCUT2D eigenvalue weighted by Crippen LogP contribution is 2.20. The summed E-state index contributed by atoms with van der Waals surface area (Å²) >= 11 is 2.21. The van der Waals surface area contributed by atoms with Gasteiger partial charge in [-0.2, -0.15) is 0 Å². The summed E-state index contributed by atoms with van der Waals surface area (Å²) in [4.78, 5) is 11.7. The molecule has 0 aliphatic heterocycles. The molecule has 0 unspecified atom stereocenters. The summed E-state index contributed by atoms with van der Waals surface area (Å²) in [6, 6.07) is 7.70. The van der Waals surface area contributed by atoms with Crippen LogP contribution >= 0.6 is 22.6 Å². The molecule has 106 valence electrons. The summed E-state index contributed by atoms with van der Waals surface area (Å²) in [5.74, 6) is 0.283. The fourth-order valence-electron chi connectivity index (χ4n) is 1.56. The minimum Gasteiger partial charge on any atom is -0.460 e. The Morgan fingerprint density at radius 3 is 2.75 bits per heavy atom. The lowest BCUT2D eigenvalue weighted by atomic mass is 10.2. The number of nitrogens with zero attached hydrogens (tertiary/aromatic N) is 2. The zero-order valence-corrected chi connectivity index (χ0v) is 13.7. The maximum Gasteiger partial charge on any atom is 0.315 e. The first-order valence-electron chi connectivity index (χ1n) is 6.14. The second-order valence-corrected chi connectivity index (χ2v) is 6.52. The maximum absolute atomic E-state index is 11.7. The van der Waals surface area contributed by atoms with Crippen molar-refractivity contribution in [3.05, 3.63) is 33.7 Å². The van der Waals surface area contributed by atoms with Crippen LogP contribution < -0.4 is 0 Å². The third-order valence-electron chi connectivity index (χ3n) is 2.25. The minimum atomic E-state index is -0.518. The van der Waals surface area contributed by atoms with Gasteiger partial charge >= 0.3 is 5.97 Å². The Morgan fingerprint density at radius 1 is 1.35 bits per heavy atom. The molecule has 2 aromatic rings. The molecule has 0 amide bonds. The van der Waals surface area contributed by atoms with Gasteiger partial charge in [0.05, 0.1) is 0 Å². The lowest BCUT2D eigenvalue weighted by Crippen LogP contribution is -2.24. The fraction of sp³-hybridized carbons (Fsp3) is 0.357. The van der Waals surface area contributed by atoms with E-state index in [-0.39, 0.29) is 18.3 Å². The van der Waals surface area contributed by atoms with Gasteiger partial charge in [0.15, 0.2) is 0 Å². The zero-order chi connectivity index (χ0) is 14.8. The van der Waals surface area contributed by atoms with Crippen LogP contribution in [0.5, 0.6) is 0 Å². The first-order valence-corrected chi connectivity index (χ1v) is 7.21. The Hall–Kier alpha value is -1.44. The molecule has 0 radical (unpaired) electrons. The Labute approximate surface area is 130 Å². The van der Waals surface area contributed by atoms with Gasteiger partial charge in [0.2, 0.25) is 11.8 Å². The molecule has 0 bridgehead atoms. The topological polar surface area (TPSA) is 65.2 Å². The minimum absolute atomic E-state index is 0.0196. The molecule has 0 atom stereocenters. The molecule has 0 aliphatic rings. The van der Waals surface area contributed by atoms with E-state index in [2.05, 4.69) is 32.8 Å². The van der Waals surface area contributed by atoms with E-state index < -0.39 is 5.60 Å². The molecular formula is C14H15IN2O3. The number of rotatable bonds is 3. The van der Waals surface area contributed by atoms with Gasteiger partial charge in [0.25, 0.3) is 0 Å². The highest BCUT2D eigenvalue weighted by atomic mass is 127. The molecule has 2 rings (SSSR count). The summed E-state index contributed by atoms with van der Waals surface area (Å²) in [5, 5.41) is 7.82. The molecule has 0 fully saturated rings. The van der Waals surface area contributed by atoms with E-state index in [0.29, 0.717) is 5.89 Å². The van der Waals surface area contributed by atoms with Crippen LogP contribution in [0.2, 0.25) is 0 Å². The summed E-state index contributed by atoms with van der Waals surface area (Å²) < 4.78 is 11.8. The number of aromatic nitrogens is 2. The van der Waals surface area contributed by atoms with Gasteiger partial charge in [-0.3, -0.25) is 4.79 Å². The van der Waals surface area contributed by atoms with Gasteiger partial charge in [-0.15, -0.1) is 10.2 Å². The van der Waals surface area contributed by atoms with Crippen LogP contribution in [0.4, 0.5) is 0 Å². The first kappa shape index (κ1) is 15.0. The predicted octanol–water partition coefficient (Wildman–Crippen LogP) is 3.23. The number of esters is 1. The van der Waals surface area contributed by atoms with E-state index in [1.807, 2.05) is 45.0 Å². The smallest absolute Gasteiger partial charge is 0.315 e. The molecule has 5 nitrogen and oxygen atoms in total. The Morgan fingerprint density at radius 2 is 2.10 bits per heavy atom. The third kappa shape index (κ3) is 4.29. The number of carbonyl (C=O) groups is 1. The van der Waals surface area contributed by atoms with Crippen molar-refractivity contribution in [2.24, 2.45) is 0 Å². The van der Waals surface area contributed by atoms with Gasteiger partial charge in [-0.1, -0.05) is 6.07 Å². The van der Waals surface area contributed by atoms with E-state index in [1.165, 1.54) is 0 Å². The van der Waals surface area contributed by atoms with Crippen molar-refractivity contribution in [1.29, 1.82) is 0 Å². The molecule has 1 aromatic heterocycles. The molecule has 0 spiro atoms. The lowest BCUT2D eigenvalue weighted by molar-refractivity contribution is -0.154. The second-order valence-electron chi connectivity index (χ2n) is 5.27.